The van der Waals surface area contributed by atoms with Crippen molar-refractivity contribution < 1.29 is 33.3 Å². The minimum atomic E-state index is -0.601. The van der Waals surface area contributed by atoms with Crippen molar-refractivity contribution in [3.8, 4) is 22.6 Å². The second kappa shape index (κ2) is 15.3. The Morgan fingerprint density at radius 2 is 1.52 bits per heavy atom. The maximum Gasteiger partial charge on any atom is 0.341 e. The van der Waals surface area contributed by atoms with Crippen LogP contribution in [0.4, 0.5) is 0 Å². The van der Waals surface area contributed by atoms with Crippen LogP contribution in [0.2, 0.25) is 0 Å². The summed E-state index contributed by atoms with van der Waals surface area (Å²) >= 11 is 0. The number of hydrogen-bond donors (Lipinski definition) is 0. The largest absolute Gasteiger partial charge is 0.423 e. The van der Waals surface area contributed by atoms with Gasteiger partial charge in [-0.2, -0.15) is 0 Å². The molecule has 0 amide bonds. The number of unbranched alkanes of at least 4 members (excludes halogenated alkanes) is 1. The van der Waals surface area contributed by atoms with Crippen LogP contribution < -0.4 is 9.47 Å². The topological polar surface area (TPSA) is 80.3 Å². The van der Waals surface area contributed by atoms with Gasteiger partial charge in [-0.05, 0) is 67.0 Å². The van der Waals surface area contributed by atoms with Crippen molar-refractivity contribution in [3.05, 3.63) is 72.3 Å². The Balaban J connectivity index is 1.48. The zero-order valence-electron chi connectivity index (χ0n) is 25.2. The molecule has 0 unspecified atom stereocenters. The molecule has 42 heavy (non-hydrogen) atoms. The summed E-state index contributed by atoms with van der Waals surface area (Å²) in [5, 5.41) is 0. The molecule has 0 bridgehead atoms. The molecule has 1 heterocycles. The number of carbonyl (C=O) groups is 2. The molecule has 0 spiro atoms. The maximum absolute atomic E-state index is 12.2. The lowest BCUT2D eigenvalue weighted by Gasteiger charge is -2.38. The lowest BCUT2D eigenvalue weighted by atomic mass is 9.74. The molecular formula is C35H44O7. The SMILES string of the molecule is C=C(C)C(=O)Oc1ccc(-c2ccc(OC(=O)C(=C)COC)cc2)c(C2OCC(C3CCC(CCCC)CC3)CO2)c1. The monoisotopic (exact) mass is 576 g/mol. The lowest BCUT2D eigenvalue weighted by Crippen LogP contribution is -2.34. The highest BCUT2D eigenvalue weighted by atomic mass is 16.7. The summed E-state index contributed by atoms with van der Waals surface area (Å²) in [6, 6.07) is 12.6. The predicted molar refractivity (Wildman–Crippen MR) is 162 cm³/mol. The van der Waals surface area contributed by atoms with Gasteiger partial charge >= 0.3 is 11.9 Å². The fourth-order valence-corrected chi connectivity index (χ4v) is 5.78. The third-order valence-electron chi connectivity index (χ3n) is 8.27. The first-order valence-corrected chi connectivity index (χ1v) is 15.0. The van der Waals surface area contributed by atoms with E-state index in [0.717, 1.165) is 22.6 Å². The van der Waals surface area contributed by atoms with Gasteiger partial charge in [-0.1, -0.05) is 70.4 Å². The Morgan fingerprint density at radius 1 is 0.881 bits per heavy atom. The van der Waals surface area contributed by atoms with Crippen LogP contribution in [0.3, 0.4) is 0 Å². The van der Waals surface area contributed by atoms with Crippen LogP contribution in [0.5, 0.6) is 11.5 Å². The fraction of sp³-hybridized carbons (Fsp3) is 0.486. The molecule has 7 nitrogen and oxygen atoms in total. The number of benzene rings is 2. The lowest BCUT2D eigenvalue weighted by molar-refractivity contribution is -0.214. The van der Waals surface area contributed by atoms with Crippen molar-refractivity contribution in [3.63, 3.8) is 0 Å². The standard InChI is InChI=1S/C35H44O7/c1-6-7-8-25-9-11-26(12-10-25)28-21-39-35(40-22-28)32-19-30(42-33(36)23(2)3)17-18-31(32)27-13-15-29(16-14-27)41-34(37)24(4)20-38-5/h13-19,25-26,28,35H,2,4,6-12,20-22H2,1,3,5H3. The molecule has 1 saturated carbocycles. The quantitative estimate of drug-likeness (QED) is 0.146. The minimum absolute atomic E-state index is 0.102. The van der Waals surface area contributed by atoms with Gasteiger partial charge in [0.2, 0.25) is 0 Å². The molecule has 4 rings (SSSR count). The van der Waals surface area contributed by atoms with Gasteiger partial charge in [0.15, 0.2) is 6.29 Å². The molecule has 2 aromatic rings. The molecule has 226 valence electrons. The van der Waals surface area contributed by atoms with Gasteiger partial charge in [-0.15, -0.1) is 0 Å². The molecule has 2 fully saturated rings. The van der Waals surface area contributed by atoms with Gasteiger partial charge in [-0.3, -0.25) is 0 Å². The molecule has 7 heteroatoms. The van der Waals surface area contributed by atoms with Gasteiger partial charge in [0, 0.05) is 24.2 Å². The van der Waals surface area contributed by atoms with Crippen LogP contribution in [-0.2, 0) is 23.8 Å². The van der Waals surface area contributed by atoms with E-state index >= 15 is 0 Å². The average molecular weight is 577 g/mol. The second-order valence-electron chi connectivity index (χ2n) is 11.6. The van der Waals surface area contributed by atoms with Gasteiger partial charge in [-0.25, -0.2) is 9.59 Å². The molecular weight excluding hydrogens is 532 g/mol. The van der Waals surface area contributed by atoms with Crippen molar-refractivity contribution in [1.29, 1.82) is 0 Å². The van der Waals surface area contributed by atoms with Crippen LogP contribution in [0, 0.1) is 17.8 Å². The molecule has 2 aliphatic rings. The third kappa shape index (κ3) is 8.40. The first-order chi connectivity index (χ1) is 20.3. The first-order valence-electron chi connectivity index (χ1n) is 15.0. The summed E-state index contributed by atoms with van der Waals surface area (Å²) in [4.78, 5) is 24.4. The minimum Gasteiger partial charge on any atom is -0.423 e. The summed E-state index contributed by atoms with van der Waals surface area (Å²) in [5.41, 5.74) is 3.06. The Kier molecular flexibility index (Phi) is 11.5. The molecule has 1 aliphatic heterocycles. The summed E-state index contributed by atoms with van der Waals surface area (Å²) in [7, 11) is 1.50. The zero-order valence-corrected chi connectivity index (χ0v) is 25.2. The highest BCUT2D eigenvalue weighted by Crippen LogP contribution is 2.41. The number of methoxy groups -OCH3 is 1. The van der Waals surface area contributed by atoms with E-state index in [4.69, 9.17) is 23.7 Å². The van der Waals surface area contributed by atoms with E-state index in [1.54, 1.807) is 31.2 Å². The number of hydrogen-bond acceptors (Lipinski definition) is 7. The maximum atomic E-state index is 12.2. The van der Waals surface area contributed by atoms with Gasteiger partial charge < -0.3 is 23.7 Å². The van der Waals surface area contributed by atoms with Gasteiger partial charge in [0.05, 0.1) is 25.4 Å². The van der Waals surface area contributed by atoms with Crippen LogP contribution in [0.15, 0.2) is 66.8 Å². The highest BCUT2D eigenvalue weighted by molar-refractivity contribution is 5.90. The predicted octanol–water partition coefficient (Wildman–Crippen LogP) is 7.60. The third-order valence-corrected chi connectivity index (χ3v) is 8.27. The van der Waals surface area contributed by atoms with Crippen LogP contribution >= 0.6 is 0 Å². The highest BCUT2D eigenvalue weighted by Gasteiger charge is 2.33. The number of rotatable bonds is 12. The van der Waals surface area contributed by atoms with Crippen molar-refractivity contribution >= 4 is 11.9 Å². The molecule has 0 aromatic heterocycles. The second-order valence-corrected chi connectivity index (χ2v) is 11.6. The Labute approximate surface area is 249 Å². The molecule has 0 N–H and O–H groups in total. The van der Waals surface area contributed by atoms with Crippen molar-refractivity contribution in [2.24, 2.45) is 17.8 Å². The Bertz CT molecular complexity index is 1230. The van der Waals surface area contributed by atoms with Crippen molar-refractivity contribution in [1.82, 2.24) is 0 Å². The fourth-order valence-electron chi connectivity index (χ4n) is 5.78. The summed E-state index contributed by atoms with van der Waals surface area (Å²) in [6.45, 7) is 12.6. The smallest absolute Gasteiger partial charge is 0.341 e. The van der Waals surface area contributed by atoms with E-state index in [2.05, 4.69) is 20.1 Å². The number of carbonyl (C=O) groups excluding carboxylic acids is 2. The summed E-state index contributed by atoms with van der Waals surface area (Å²) < 4.78 is 28.6. The normalized spacial score (nSPS) is 22.3. The van der Waals surface area contributed by atoms with Crippen LogP contribution in [0.1, 0.15) is 70.6 Å². The number of esters is 2. The van der Waals surface area contributed by atoms with E-state index in [9.17, 15) is 9.59 Å². The van der Waals surface area contributed by atoms with Crippen LogP contribution in [-0.4, -0.2) is 38.9 Å². The summed E-state index contributed by atoms with van der Waals surface area (Å²) in [5.74, 6) is 1.63. The molecule has 1 saturated heterocycles. The van der Waals surface area contributed by atoms with E-state index in [-0.39, 0.29) is 12.2 Å². The van der Waals surface area contributed by atoms with Crippen molar-refractivity contribution in [2.75, 3.05) is 26.9 Å². The van der Waals surface area contributed by atoms with Crippen molar-refractivity contribution in [2.45, 2.75) is 65.1 Å². The molecule has 1 aliphatic carbocycles. The van der Waals surface area contributed by atoms with Gasteiger partial charge in [0.25, 0.3) is 0 Å². The number of ether oxygens (including phenoxy) is 5. The average Bonchev–Trinajstić information content (AvgIpc) is 3.01. The zero-order chi connectivity index (χ0) is 30.1. The van der Waals surface area contributed by atoms with E-state index in [0.29, 0.717) is 42.1 Å². The Morgan fingerprint density at radius 3 is 2.14 bits per heavy atom. The van der Waals surface area contributed by atoms with Gasteiger partial charge in [0.1, 0.15) is 11.5 Å². The van der Waals surface area contributed by atoms with Crippen LogP contribution in [0.25, 0.3) is 11.1 Å². The molecule has 2 aromatic carbocycles. The Hall–Kier alpha value is -3.26. The van der Waals surface area contributed by atoms with E-state index in [1.807, 2.05) is 18.2 Å². The molecule has 0 radical (unpaired) electrons. The summed E-state index contributed by atoms with van der Waals surface area (Å²) in [6.07, 6.45) is 8.43. The molecule has 0 atom stereocenters. The van der Waals surface area contributed by atoms with E-state index < -0.39 is 18.2 Å². The first kappa shape index (κ1) is 31.7. The van der Waals surface area contributed by atoms with E-state index in [1.165, 1.54) is 52.1 Å².